The molecular weight excluding hydrogens is 271 g/mol. The minimum absolute atomic E-state index is 0.0370. The van der Waals surface area contributed by atoms with Crippen molar-refractivity contribution in [3.05, 3.63) is 23.8 Å². The Morgan fingerprint density at radius 3 is 2.85 bits per heavy atom. The lowest BCUT2D eigenvalue weighted by atomic mass is 9.73. The minimum Gasteiger partial charge on any atom is -0.122 e. The van der Waals surface area contributed by atoms with E-state index in [-0.39, 0.29) is 10.8 Å². The molecule has 3 unspecified atom stereocenters. The predicted molar refractivity (Wildman–Crippen MR) is 63.8 cm³/mol. The van der Waals surface area contributed by atoms with Gasteiger partial charge in [0.1, 0.15) is 0 Å². The molecule has 0 N–H and O–H groups in total. The maximum atomic E-state index is 6.28. The summed E-state index contributed by atoms with van der Waals surface area (Å²) in [6.45, 7) is 6.14. The molecule has 1 saturated carbocycles. The average Bonchev–Trinajstić information content (AvgIpc) is 2.02. The van der Waals surface area contributed by atoms with Crippen molar-refractivity contribution in [2.75, 3.05) is 0 Å². The van der Waals surface area contributed by atoms with Crippen molar-refractivity contribution in [2.24, 2.45) is 5.41 Å². The van der Waals surface area contributed by atoms with E-state index in [2.05, 4.69) is 29.4 Å². The molecule has 3 heteroatoms. The molecule has 0 heterocycles. The largest absolute Gasteiger partial charge is 0.122 e. The Labute approximate surface area is 98.1 Å². The summed E-state index contributed by atoms with van der Waals surface area (Å²) in [6.07, 6.45) is 3.79. The van der Waals surface area contributed by atoms with Crippen LogP contribution in [0.4, 0.5) is 0 Å². The second-order valence-electron chi connectivity index (χ2n) is 3.80. The van der Waals surface area contributed by atoms with Gasteiger partial charge in [-0.3, -0.25) is 0 Å². The number of halogens is 3. The summed E-state index contributed by atoms with van der Waals surface area (Å²) in [6, 6.07) is 0. The van der Waals surface area contributed by atoms with Gasteiger partial charge >= 0.3 is 0 Å². The number of hydrogen-bond acceptors (Lipinski definition) is 0. The monoisotopic (exact) mass is 282 g/mol. The van der Waals surface area contributed by atoms with Gasteiger partial charge in [-0.05, 0) is 12.8 Å². The van der Waals surface area contributed by atoms with E-state index in [1.807, 2.05) is 6.08 Å². The van der Waals surface area contributed by atoms with Gasteiger partial charge in [-0.15, -0.1) is 11.6 Å². The zero-order valence-corrected chi connectivity index (χ0v) is 10.7. The van der Waals surface area contributed by atoms with Crippen LogP contribution in [0, 0.1) is 5.41 Å². The van der Waals surface area contributed by atoms with Crippen LogP contribution < -0.4 is 0 Å². The number of alkyl halides is 2. The molecule has 13 heavy (non-hydrogen) atoms. The Kier molecular flexibility index (Phi) is 3.91. The lowest BCUT2D eigenvalue weighted by Crippen LogP contribution is -2.35. The standard InChI is InChI=1S/C10H13BrCl2/c1-7-6-10(2,3-4-12)9(13)5-8(7)11/h3-4,8-9H,1,5-6H2,2H3. The van der Waals surface area contributed by atoms with E-state index in [0.29, 0.717) is 4.83 Å². The molecule has 0 aromatic carbocycles. The van der Waals surface area contributed by atoms with Crippen LogP contribution in [0.2, 0.25) is 0 Å². The topological polar surface area (TPSA) is 0 Å². The second kappa shape index (κ2) is 4.37. The van der Waals surface area contributed by atoms with Gasteiger partial charge in [-0.2, -0.15) is 0 Å². The summed E-state index contributed by atoms with van der Waals surface area (Å²) in [7, 11) is 0. The molecule has 3 atom stereocenters. The van der Waals surface area contributed by atoms with Gasteiger partial charge in [0, 0.05) is 21.2 Å². The summed E-state index contributed by atoms with van der Waals surface area (Å²) in [5.41, 5.74) is 2.72. The smallest absolute Gasteiger partial charge is 0.0441 e. The summed E-state index contributed by atoms with van der Waals surface area (Å²) < 4.78 is 0. The summed E-state index contributed by atoms with van der Waals surface area (Å²) in [5.74, 6) is 0. The number of allylic oxidation sites excluding steroid dienone is 2. The maximum absolute atomic E-state index is 6.28. The quantitative estimate of drug-likeness (QED) is 0.492. The van der Waals surface area contributed by atoms with Gasteiger partial charge in [0.25, 0.3) is 0 Å². The molecule has 0 radical (unpaired) electrons. The fourth-order valence-electron chi connectivity index (χ4n) is 1.64. The molecule has 0 saturated heterocycles. The Hall–Kier alpha value is 0.540. The summed E-state index contributed by atoms with van der Waals surface area (Å²) >= 11 is 15.4. The minimum atomic E-state index is -0.0370. The molecule has 1 aliphatic carbocycles. The van der Waals surface area contributed by atoms with Gasteiger partial charge in [0.05, 0.1) is 0 Å². The average molecular weight is 284 g/mol. The molecule has 0 amide bonds. The van der Waals surface area contributed by atoms with E-state index in [9.17, 15) is 0 Å². The Balaban J connectivity index is 2.82. The van der Waals surface area contributed by atoms with E-state index in [0.717, 1.165) is 12.8 Å². The third kappa shape index (κ3) is 2.51. The van der Waals surface area contributed by atoms with Crippen LogP contribution in [0.3, 0.4) is 0 Å². The normalized spacial score (nSPS) is 41.4. The molecule has 1 fully saturated rings. The van der Waals surface area contributed by atoms with Crippen molar-refractivity contribution in [1.82, 2.24) is 0 Å². The van der Waals surface area contributed by atoms with Crippen LogP contribution in [0.5, 0.6) is 0 Å². The molecule has 0 bridgehead atoms. The van der Waals surface area contributed by atoms with Crippen LogP contribution in [-0.4, -0.2) is 10.2 Å². The SMILES string of the molecule is C=C1CC(C)(C=CCl)C(Cl)CC1Br. The third-order valence-corrected chi connectivity index (χ3v) is 4.45. The number of hydrogen-bond donors (Lipinski definition) is 0. The van der Waals surface area contributed by atoms with Crippen molar-refractivity contribution in [3.8, 4) is 0 Å². The first-order chi connectivity index (χ1) is 5.99. The van der Waals surface area contributed by atoms with Crippen molar-refractivity contribution >= 4 is 39.1 Å². The first-order valence-corrected chi connectivity index (χ1v) is 6.02. The van der Waals surface area contributed by atoms with Crippen molar-refractivity contribution in [3.63, 3.8) is 0 Å². The highest BCUT2D eigenvalue weighted by atomic mass is 79.9. The Bertz CT molecular complexity index is 237. The third-order valence-electron chi connectivity index (χ3n) is 2.62. The second-order valence-corrected chi connectivity index (χ2v) is 5.69. The Morgan fingerprint density at radius 1 is 1.69 bits per heavy atom. The molecule has 74 valence electrons. The zero-order valence-electron chi connectivity index (χ0n) is 7.56. The molecule has 0 aliphatic heterocycles. The summed E-state index contributed by atoms with van der Waals surface area (Å²) in [4.78, 5) is 0.354. The van der Waals surface area contributed by atoms with Gasteiger partial charge < -0.3 is 0 Å². The zero-order chi connectivity index (χ0) is 10.1. The highest BCUT2D eigenvalue weighted by Crippen LogP contribution is 2.45. The lowest BCUT2D eigenvalue weighted by molar-refractivity contribution is 0.352. The van der Waals surface area contributed by atoms with Crippen LogP contribution in [0.25, 0.3) is 0 Å². The first-order valence-electron chi connectivity index (χ1n) is 4.23. The van der Waals surface area contributed by atoms with Crippen molar-refractivity contribution in [2.45, 2.75) is 30.0 Å². The molecule has 0 spiro atoms. The van der Waals surface area contributed by atoms with E-state index in [1.54, 1.807) is 5.54 Å². The molecule has 1 aliphatic rings. The Morgan fingerprint density at radius 2 is 2.31 bits per heavy atom. The van der Waals surface area contributed by atoms with Crippen molar-refractivity contribution in [1.29, 1.82) is 0 Å². The van der Waals surface area contributed by atoms with Gasteiger partial charge in [0.2, 0.25) is 0 Å². The molecule has 0 aromatic heterocycles. The molecule has 0 nitrogen and oxygen atoms in total. The highest BCUT2D eigenvalue weighted by Gasteiger charge is 2.38. The van der Waals surface area contributed by atoms with Crippen LogP contribution in [-0.2, 0) is 0 Å². The van der Waals surface area contributed by atoms with Crippen LogP contribution in [0.1, 0.15) is 19.8 Å². The summed E-state index contributed by atoms with van der Waals surface area (Å²) in [5, 5.41) is 0.123. The van der Waals surface area contributed by atoms with Gasteiger partial charge in [-0.25, -0.2) is 0 Å². The number of rotatable bonds is 1. The van der Waals surface area contributed by atoms with Gasteiger partial charge in [-0.1, -0.05) is 52.7 Å². The van der Waals surface area contributed by atoms with E-state index in [4.69, 9.17) is 23.2 Å². The highest BCUT2D eigenvalue weighted by molar-refractivity contribution is 9.09. The fraction of sp³-hybridized carbons (Fsp3) is 0.600. The molecular formula is C10H13BrCl2. The van der Waals surface area contributed by atoms with E-state index in [1.165, 1.54) is 5.57 Å². The van der Waals surface area contributed by atoms with E-state index >= 15 is 0 Å². The van der Waals surface area contributed by atoms with E-state index < -0.39 is 0 Å². The molecule has 1 rings (SSSR count). The van der Waals surface area contributed by atoms with Crippen molar-refractivity contribution < 1.29 is 0 Å². The first kappa shape index (κ1) is 11.6. The predicted octanol–water partition coefficient (Wildman–Crippen LogP) is 4.47. The maximum Gasteiger partial charge on any atom is 0.0441 e. The molecule has 0 aromatic rings. The van der Waals surface area contributed by atoms with Crippen LogP contribution in [0.15, 0.2) is 23.8 Å². The lowest BCUT2D eigenvalue weighted by Gasteiger charge is -2.39. The van der Waals surface area contributed by atoms with Crippen LogP contribution >= 0.6 is 39.1 Å². The fourth-order valence-corrected chi connectivity index (χ4v) is 3.00. The van der Waals surface area contributed by atoms with Gasteiger partial charge in [0.15, 0.2) is 0 Å².